The summed E-state index contributed by atoms with van der Waals surface area (Å²) in [6.07, 6.45) is 2.15. The molecule has 0 aliphatic carbocycles. The van der Waals surface area contributed by atoms with Gasteiger partial charge in [-0.15, -0.1) is 0 Å². The molecule has 0 saturated carbocycles. The fourth-order valence-electron chi connectivity index (χ4n) is 4.63. The van der Waals surface area contributed by atoms with E-state index in [1.165, 1.54) is 0 Å². The SMILES string of the molecule is CC(C)CC(=O)N1CCC2(CC1)NC(=O)[C@H]1CN(C(=O)N(C)C)C[C@H]12. The Morgan fingerprint density at radius 3 is 2.40 bits per heavy atom. The maximum absolute atomic E-state index is 12.5. The predicted octanol–water partition coefficient (Wildman–Crippen LogP) is 0.753. The Kier molecular flexibility index (Phi) is 4.68. The number of amides is 4. The van der Waals surface area contributed by atoms with Gasteiger partial charge in [-0.25, -0.2) is 4.79 Å². The molecule has 3 saturated heterocycles. The summed E-state index contributed by atoms with van der Waals surface area (Å²) in [5.41, 5.74) is -0.252. The molecule has 3 aliphatic rings. The van der Waals surface area contributed by atoms with E-state index in [0.717, 1.165) is 12.8 Å². The van der Waals surface area contributed by atoms with Gasteiger partial charge in [0.25, 0.3) is 0 Å². The Morgan fingerprint density at radius 2 is 1.84 bits per heavy atom. The van der Waals surface area contributed by atoms with Gasteiger partial charge in [-0.1, -0.05) is 13.8 Å². The second kappa shape index (κ2) is 6.50. The molecular formula is C18H30N4O3. The zero-order chi connectivity index (χ0) is 18.4. The van der Waals surface area contributed by atoms with E-state index in [1.807, 2.05) is 4.90 Å². The number of nitrogens with one attached hydrogen (secondary N) is 1. The highest BCUT2D eigenvalue weighted by molar-refractivity contribution is 5.85. The number of rotatable bonds is 2. The highest BCUT2D eigenvalue weighted by Crippen LogP contribution is 2.44. The molecule has 2 atom stereocenters. The lowest BCUT2D eigenvalue weighted by Gasteiger charge is -2.43. The summed E-state index contributed by atoms with van der Waals surface area (Å²) < 4.78 is 0. The zero-order valence-electron chi connectivity index (χ0n) is 15.7. The third-order valence-electron chi connectivity index (χ3n) is 5.98. The summed E-state index contributed by atoms with van der Waals surface area (Å²) in [4.78, 5) is 42.3. The standard InChI is InChI=1S/C18H30N4O3/c1-12(2)9-15(23)21-7-5-18(6-8-21)14-11-22(17(25)20(3)4)10-13(14)16(24)19-18/h12-14H,5-11H2,1-4H3,(H,19,24)/t13-,14+/m0/s1. The average molecular weight is 350 g/mol. The van der Waals surface area contributed by atoms with E-state index in [9.17, 15) is 14.4 Å². The van der Waals surface area contributed by atoms with E-state index in [-0.39, 0.29) is 35.2 Å². The Hall–Kier alpha value is -1.79. The smallest absolute Gasteiger partial charge is 0.319 e. The van der Waals surface area contributed by atoms with Gasteiger partial charge in [0.2, 0.25) is 11.8 Å². The Morgan fingerprint density at radius 1 is 1.20 bits per heavy atom. The number of likely N-dealkylation sites (tertiary alicyclic amines) is 2. The molecule has 140 valence electrons. The van der Waals surface area contributed by atoms with Crippen molar-refractivity contribution in [1.29, 1.82) is 0 Å². The minimum atomic E-state index is -0.252. The number of nitrogens with zero attached hydrogens (tertiary/aromatic N) is 3. The topological polar surface area (TPSA) is 73.0 Å². The number of carbonyl (C=O) groups is 3. The van der Waals surface area contributed by atoms with Crippen molar-refractivity contribution in [3.63, 3.8) is 0 Å². The number of fused-ring (bicyclic) bond motifs is 2. The molecule has 0 bridgehead atoms. The molecular weight excluding hydrogens is 320 g/mol. The number of piperidine rings is 1. The first kappa shape index (κ1) is 18.0. The van der Waals surface area contributed by atoms with Crippen molar-refractivity contribution in [2.24, 2.45) is 17.8 Å². The fourth-order valence-corrected chi connectivity index (χ4v) is 4.63. The first-order valence-electron chi connectivity index (χ1n) is 9.29. The molecule has 0 aromatic heterocycles. The van der Waals surface area contributed by atoms with Crippen molar-refractivity contribution in [2.75, 3.05) is 40.3 Å². The van der Waals surface area contributed by atoms with Crippen LogP contribution in [0.4, 0.5) is 4.79 Å². The predicted molar refractivity (Wildman–Crippen MR) is 93.8 cm³/mol. The van der Waals surface area contributed by atoms with Gasteiger partial charge in [0.1, 0.15) is 0 Å². The van der Waals surface area contributed by atoms with Crippen LogP contribution in [0.2, 0.25) is 0 Å². The van der Waals surface area contributed by atoms with Crippen LogP contribution in [0.1, 0.15) is 33.1 Å². The number of carbonyl (C=O) groups excluding carboxylic acids is 3. The van der Waals surface area contributed by atoms with Gasteiger partial charge in [0.15, 0.2) is 0 Å². The van der Waals surface area contributed by atoms with E-state index in [4.69, 9.17) is 0 Å². The van der Waals surface area contributed by atoms with Crippen molar-refractivity contribution >= 4 is 17.8 Å². The molecule has 0 unspecified atom stereocenters. The molecule has 25 heavy (non-hydrogen) atoms. The number of hydrogen-bond acceptors (Lipinski definition) is 3. The van der Waals surface area contributed by atoms with Crippen molar-refractivity contribution in [1.82, 2.24) is 20.0 Å². The minimum Gasteiger partial charge on any atom is -0.350 e. The van der Waals surface area contributed by atoms with Crippen LogP contribution in [0, 0.1) is 17.8 Å². The van der Waals surface area contributed by atoms with Crippen LogP contribution < -0.4 is 5.32 Å². The molecule has 1 spiro atoms. The molecule has 3 rings (SSSR count). The molecule has 1 N–H and O–H groups in total. The first-order chi connectivity index (χ1) is 11.7. The van der Waals surface area contributed by atoms with E-state index < -0.39 is 0 Å². The van der Waals surface area contributed by atoms with E-state index in [1.54, 1.807) is 23.9 Å². The van der Waals surface area contributed by atoms with Gasteiger partial charge in [-0.05, 0) is 18.8 Å². The maximum Gasteiger partial charge on any atom is 0.319 e. The molecule has 3 heterocycles. The molecule has 4 amide bonds. The summed E-state index contributed by atoms with van der Waals surface area (Å²) in [6, 6.07) is -0.0260. The van der Waals surface area contributed by atoms with Gasteiger partial charge >= 0.3 is 6.03 Å². The van der Waals surface area contributed by atoms with Crippen LogP contribution >= 0.6 is 0 Å². The number of hydrogen-bond donors (Lipinski definition) is 1. The van der Waals surface area contributed by atoms with Crippen LogP contribution in [-0.4, -0.2) is 78.4 Å². The molecule has 0 aromatic carbocycles. The van der Waals surface area contributed by atoms with Crippen molar-refractivity contribution < 1.29 is 14.4 Å². The monoisotopic (exact) mass is 350 g/mol. The highest BCUT2D eigenvalue weighted by Gasteiger charge is 2.58. The fraction of sp³-hybridized carbons (Fsp3) is 0.833. The van der Waals surface area contributed by atoms with Gasteiger partial charge < -0.3 is 20.0 Å². The minimum absolute atomic E-state index is 0.0260. The maximum atomic E-state index is 12.5. The van der Waals surface area contributed by atoms with Crippen molar-refractivity contribution in [3.8, 4) is 0 Å². The normalized spacial score (nSPS) is 27.6. The Bertz CT molecular complexity index is 567. The number of urea groups is 1. The zero-order valence-corrected chi connectivity index (χ0v) is 15.7. The first-order valence-corrected chi connectivity index (χ1v) is 9.29. The third kappa shape index (κ3) is 3.20. The summed E-state index contributed by atoms with van der Waals surface area (Å²) in [6.45, 7) is 6.62. The quantitative estimate of drug-likeness (QED) is 0.799. The summed E-state index contributed by atoms with van der Waals surface area (Å²) >= 11 is 0. The molecule has 3 aliphatic heterocycles. The second-order valence-corrected chi connectivity index (χ2v) is 8.42. The van der Waals surface area contributed by atoms with Gasteiger partial charge in [-0.3, -0.25) is 9.59 Å². The van der Waals surface area contributed by atoms with Crippen molar-refractivity contribution in [2.45, 2.75) is 38.6 Å². The van der Waals surface area contributed by atoms with Crippen molar-refractivity contribution in [3.05, 3.63) is 0 Å². The summed E-state index contributed by atoms with van der Waals surface area (Å²) in [7, 11) is 3.48. The van der Waals surface area contributed by atoms with Crippen LogP contribution in [-0.2, 0) is 9.59 Å². The second-order valence-electron chi connectivity index (χ2n) is 8.42. The molecule has 0 aromatic rings. The highest BCUT2D eigenvalue weighted by atomic mass is 16.2. The Balaban J connectivity index is 1.67. The molecule has 7 nitrogen and oxygen atoms in total. The Labute approximate surface area is 149 Å². The lowest BCUT2D eigenvalue weighted by atomic mass is 9.75. The molecule has 0 radical (unpaired) electrons. The largest absolute Gasteiger partial charge is 0.350 e. The lowest BCUT2D eigenvalue weighted by Crippen LogP contribution is -2.56. The summed E-state index contributed by atoms with van der Waals surface area (Å²) in [5, 5.41) is 3.23. The third-order valence-corrected chi connectivity index (χ3v) is 5.98. The van der Waals surface area contributed by atoms with E-state index in [0.29, 0.717) is 38.5 Å². The molecule has 7 heteroatoms. The van der Waals surface area contributed by atoms with Crippen LogP contribution in [0.5, 0.6) is 0 Å². The van der Waals surface area contributed by atoms with Gasteiger partial charge in [0, 0.05) is 58.2 Å². The van der Waals surface area contributed by atoms with Crippen LogP contribution in [0.25, 0.3) is 0 Å². The van der Waals surface area contributed by atoms with E-state index >= 15 is 0 Å². The van der Waals surface area contributed by atoms with E-state index in [2.05, 4.69) is 19.2 Å². The lowest BCUT2D eigenvalue weighted by molar-refractivity contribution is -0.133. The summed E-state index contributed by atoms with van der Waals surface area (Å²) in [5.74, 6) is 0.690. The molecule has 3 fully saturated rings. The van der Waals surface area contributed by atoms with Gasteiger partial charge in [-0.2, -0.15) is 0 Å². The van der Waals surface area contributed by atoms with Crippen LogP contribution in [0.15, 0.2) is 0 Å². The van der Waals surface area contributed by atoms with Gasteiger partial charge in [0.05, 0.1) is 5.92 Å². The average Bonchev–Trinajstić information content (AvgIpc) is 3.08. The van der Waals surface area contributed by atoms with Crippen LogP contribution in [0.3, 0.4) is 0 Å².